The fourth-order valence-electron chi connectivity index (χ4n) is 1.33. The molecule has 1 aliphatic heterocycles. The Morgan fingerprint density at radius 1 is 1.42 bits per heavy atom. The predicted octanol–water partition coefficient (Wildman–Crippen LogP) is 2.03. The summed E-state index contributed by atoms with van der Waals surface area (Å²) >= 11 is 0. The maximum absolute atomic E-state index is 5.44. The zero-order chi connectivity index (χ0) is 8.39. The Labute approximate surface area is 72.1 Å². The summed E-state index contributed by atoms with van der Waals surface area (Å²) in [7, 11) is 1.67. The first kappa shape index (κ1) is 7.47. The fourth-order valence-corrected chi connectivity index (χ4v) is 1.33. The van der Waals surface area contributed by atoms with Crippen LogP contribution < -0.4 is 9.47 Å². The second kappa shape index (κ2) is 3.05. The molecular formula is C10H11O2. The van der Waals surface area contributed by atoms with Gasteiger partial charge in [-0.1, -0.05) is 0 Å². The second-order valence-corrected chi connectivity index (χ2v) is 2.75. The summed E-state index contributed by atoms with van der Waals surface area (Å²) in [5, 5.41) is 0. The highest BCUT2D eigenvalue weighted by Gasteiger charge is 2.10. The minimum atomic E-state index is 0.791. The van der Waals surface area contributed by atoms with Gasteiger partial charge < -0.3 is 9.47 Å². The fraction of sp³-hybridized carbons (Fsp3) is 0.300. The number of hydrogen-bond acceptors (Lipinski definition) is 2. The summed E-state index contributed by atoms with van der Waals surface area (Å²) in [6.07, 6.45) is 3.15. The van der Waals surface area contributed by atoms with Crippen LogP contribution in [0.2, 0.25) is 0 Å². The van der Waals surface area contributed by atoms with Crippen molar-refractivity contribution in [3.05, 3.63) is 30.2 Å². The molecule has 1 radical (unpaired) electrons. The van der Waals surface area contributed by atoms with Crippen molar-refractivity contribution in [2.45, 2.75) is 6.42 Å². The normalized spacial score (nSPS) is 14.8. The van der Waals surface area contributed by atoms with Crippen LogP contribution in [0.25, 0.3) is 0 Å². The van der Waals surface area contributed by atoms with Crippen molar-refractivity contribution in [1.82, 2.24) is 0 Å². The van der Waals surface area contributed by atoms with Crippen molar-refractivity contribution in [3.8, 4) is 11.5 Å². The van der Waals surface area contributed by atoms with Crippen molar-refractivity contribution >= 4 is 0 Å². The standard InChI is InChI=1S/C10H11O2/c1-11-9-4-5-10-8(7-9)3-2-6-12-10/h3-5,7H,2,6H2,1H3. The molecule has 0 atom stereocenters. The van der Waals surface area contributed by atoms with E-state index >= 15 is 0 Å². The van der Waals surface area contributed by atoms with E-state index in [0.717, 1.165) is 30.1 Å². The van der Waals surface area contributed by atoms with Gasteiger partial charge in [-0.3, -0.25) is 0 Å². The zero-order valence-electron chi connectivity index (χ0n) is 7.04. The van der Waals surface area contributed by atoms with Gasteiger partial charge in [0.1, 0.15) is 11.5 Å². The SMILES string of the molecule is COc1ccc2c(c1)[CH]CCO2. The largest absolute Gasteiger partial charge is 0.497 e. The average molecular weight is 163 g/mol. The number of rotatable bonds is 1. The van der Waals surface area contributed by atoms with E-state index in [-0.39, 0.29) is 0 Å². The Morgan fingerprint density at radius 3 is 3.17 bits per heavy atom. The average Bonchev–Trinajstić information content (AvgIpc) is 2.17. The highest BCUT2D eigenvalue weighted by Crippen LogP contribution is 2.29. The molecule has 0 N–H and O–H groups in total. The minimum Gasteiger partial charge on any atom is -0.497 e. The predicted molar refractivity (Wildman–Crippen MR) is 46.5 cm³/mol. The first-order valence-electron chi connectivity index (χ1n) is 4.04. The van der Waals surface area contributed by atoms with Crippen LogP contribution in [0, 0.1) is 6.42 Å². The van der Waals surface area contributed by atoms with Crippen molar-refractivity contribution in [3.63, 3.8) is 0 Å². The van der Waals surface area contributed by atoms with Crippen LogP contribution in [0.3, 0.4) is 0 Å². The quantitative estimate of drug-likeness (QED) is 0.630. The van der Waals surface area contributed by atoms with Gasteiger partial charge in [0.25, 0.3) is 0 Å². The second-order valence-electron chi connectivity index (χ2n) is 2.75. The summed E-state index contributed by atoms with van der Waals surface area (Å²) in [5.41, 5.74) is 1.14. The van der Waals surface area contributed by atoms with E-state index in [4.69, 9.17) is 9.47 Å². The molecule has 1 aromatic carbocycles. The van der Waals surface area contributed by atoms with E-state index in [1.165, 1.54) is 0 Å². The molecular weight excluding hydrogens is 152 g/mol. The van der Waals surface area contributed by atoms with Gasteiger partial charge in [-0.05, 0) is 31.0 Å². The van der Waals surface area contributed by atoms with Gasteiger partial charge in [0.05, 0.1) is 13.7 Å². The van der Waals surface area contributed by atoms with Crippen molar-refractivity contribution < 1.29 is 9.47 Å². The van der Waals surface area contributed by atoms with Gasteiger partial charge in [-0.15, -0.1) is 0 Å². The molecule has 12 heavy (non-hydrogen) atoms. The molecule has 0 aliphatic carbocycles. The Bertz CT molecular complexity index is 281. The highest BCUT2D eigenvalue weighted by molar-refractivity contribution is 5.45. The molecule has 1 aliphatic rings. The lowest BCUT2D eigenvalue weighted by molar-refractivity contribution is 0.305. The van der Waals surface area contributed by atoms with E-state index in [1.807, 2.05) is 18.2 Å². The van der Waals surface area contributed by atoms with Gasteiger partial charge in [-0.25, -0.2) is 0 Å². The Morgan fingerprint density at radius 2 is 2.33 bits per heavy atom. The van der Waals surface area contributed by atoms with Crippen LogP contribution in [0.5, 0.6) is 11.5 Å². The van der Waals surface area contributed by atoms with Crippen LogP contribution in [-0.2, 0) is 0 Å². The summed E-state index contributed by atoms with van der Waals surface area (Å²) in [6.45, 7) is 0.791. The van der Waals surface area contributed by atoms with Gasteiger partial charge in [-0.2, -0.15) is 0 Å². The summed E-state index contributed by atoms with van der Waals surface area (Å²) in [6, 6.07) is 5.86. The van der Waals surface area contributed by atoms with Crippen molar-refractivity contribution in [2.75, 3.05) is 13.7 Å². The van der Waals surface area contributed by atoms with Crippen LogP contribution >= 0.6 is 0 Å². The van der Waals surface area contributed by atoms with Gasteiger partial charge in [0.2, 0.25) is 0 Å². The molecule has 0 unspecified atom stereocenters. The molecule has 0 spiro atoms. The maximum atomic E-state index is 5.44. The third-order valence-corrected chi connectivity index (χ3v) is 1.96. The van der Waals surface area contributed by atoms with Crippen LogP contribution in [0.4, 0.5) is 0 Å². The van der Waals surface area contributed by atoms with Crippen LogP contribution in [0.1, 0.15) is 12.0 Å². The molecule has 2 rings (SSSR count). The van der Waals surface area contributed by atoms with Gasteiger partial charge in [0.15, 0.2) is 0 Å². The van der Waals surface area contributed by atoms with E-state index < -0.39 is 0 Å². The van der Waals surface area contributed by atoms with E-state index in [0.29, 0.717) is 0 Å². The minimum absolute atomic E-state index is 0.791. The third-order valence-electron chi connectivity index (χ3n) is 1.96. The van der Waals surface area contributed by atoms with Gasteiger partial charge >= 0.3 is 0 Å². The molecule has 0 aromatic heterocycles. The Kier molecular flexibility index (Phi) is 1.90. The van der Waals surface area contributed by atoms with Crippen LogP contribution in [-0.4, -0.2) is 13.7 Å². The first-order chi connectivity index (χ1) is 5.90. The molecule has 1 aromatic rings. The molecule has 0 fully saturated rings. The molecule has 1 heterocycles. The Balaban J connectivity index is 2.36. The molecule has 0 bridgehead atoms. The highest BCUT2D eigenvalue weighted by atomic mass is 16.5. The number of hydrogen-bond donors (Lipinski definition) is 0. The molecule has 2 nitrogen and oxygen atoms in total. The number of ether oxygens (including phenoxy) is 2. The lowest BCUT2D eigenvalue weighted by Gasteiger charge is -2.16. The zero-order valence-corrected chi connectivity index (χ0v) is 7.04. The van der Waals surface area contributed by atoms with E-state index in [1.54, 1.807) is 7.11 Å². The number of fused-ring (bicyclic) bond motifs is 1. The van der Waals surface area contributed by atoms with Crippen LogP contribution in [0.15, 0.2) is 18.2 Å². The van der Waals surface area contributed by atoms with E-state index in [2.05, 4.69) is 6.42 Å². The monoisotopic (exact) mass is 163 g/mol. The smallest absolute Gasteiger partial charge is 0.123 e. The molecule has 0 amide bonds. The molecule has 63 valence electrons. The summed E-state index contributed by atoms with van der Waals surface area (Å²) in [4.78, 5) is 0. The third kappa shape index (κ3) is 1.24. The Hall–Kier alpha value is -1.18. The van der Waals surface area contributed by atoms with Gasteiger partial charge in [0, 0.05) is 5.56 Å². The summed E-state index contributed by atoms with van der Waals surface area (Å²) in [5.74, 6) is 1.84. The summed E-state index contributed by atoms with van der Waals surface area (Å²) < 4.78 is 10.5. The lowest BCUT2D eigenvalue weighted by Crippen LogP contribution is -2.06. The van der Waals surface area contributed by atoms with E-state index in [9.17, 15) is 0 Å². The molecule has 0 saturated carbocycles. The van der Waals surface area contributed by atoms with Crippen molar-refractivity contribution in [1.29, 1.82) is 0 Å². The number of methoxy groups -OCH3 is 1. The topological polar surface area (TPSA) is 18.5 Å². The molecule has 0 saturated heterocycles. The lowest BCUT2D eigenvalue weighted by atomic mass is 10.1. The first-order valence-corrected chi connectivity index (χ1v) is 4.04. The van der Waals surface area contributed by atoms with Crippen molar-refractivity contribution in [2.24, 2.45) is 0 Å². The maximum Gasteiger partial charge on any atom is 0.123 e. The number of benzene rings is 1. The molecule has 2 heteroatoms.